The maximum Gasteiger partial charge on any atom is 0.173 e. The van der Waals surface area contributed by atoms with E-state index in [0.29, 0.717) is 11.8 Å². The molecule has 0 heterocycles. The van der Waals surface area contributed by atoms with Gasteiger partial charge in [0.15, 0.2) is 5.79 Å². The molecule has 0 aliphatic rings. The average Bonchev–Trinajstić information content (AvgIpc) is 2.58. The Balaban J connectivity index is 4.80. The van der Waals surface area contributed by atoms with Crippen molar-refractivity contribution in [2.24, 2.45) is 11.8 Å². The third kappa shape index (κ3) is 8.58. The second-order valence-electron chi connectivity index (χ2n) is 7.02. The lowest BCUT2D eigenvalue weighted by molar-refractivity contribution is -0.293. The van der Waals surface area contributed by atoms with Crippen LogP contribution in [0.25, 0.3) is 0 Å². The quantitative estimate of drug-likeness (QED) is 0.173. The van der Waals surface area contributed by atoms with E-state index in [2.05, 4.69) is 47.2 Å². The van der Waals surface area contributed by atoms with E-state index in [4.69, 9.17) is 9.47 Å². The highest BCUT2D eigenvalue weighted by atomic mass is 32.1. The molecule has 0 aliphatic heterocycles. The van der Waals surface area contributed by atoms with Gasteiger partial charge in [-0.3, -0.25) is 0 Å². The van der Waals surface area contributed by atoms with Crippen molar-refractivity contribution in [3.8, 4) is 0 Å². The maximum absolute atomic E-state index is 6.33. The van der Waals surface area contributed by atoms with Gasteiger partial charge in [-0.05, 0) is 45.3 Å². The minimum absolute atomic E-state index is 0.412. The molecule has 0 N–H and O–H groups in total. The summed E-state index contributed by atoms with van der Waals surface area (Å²) in [6.07, 6.45) is 12.6. The highest BCUT2D eigenvalue weighted by Gasteiger charge is 2.43. The molecule has 3 heteroatoms. The summed E-state index contributed by atoms with van der Waals surface area (Å²) in [4.78, 5) is 0. The van der Waals surface area contributed by atoms with Crippen LogP contribution in [0.5, 0.6) is 0 Å². The van der Waals surface area contributed by atoms with Crippen LogP contribution in [-0.2, 0) is 9.47 Å². The minimum atomic E-state index is -0.412. The average molecular weight is 361 g/mol. The van der Waals surface area contributed by atoms with Crippen molar-refractivity contribution in [2.75, 3.05) is 19.0 Å². The zero-order valence-corrected chi connectivity index (χ0v) is 18.0. The van der Waals surface area contributed by atoms with Crippen LogP contribution in [0.3, 0.4) is 0 Å². The smallest absolute Gasteiger partial charge is 0.173 e. The second-order valence-corrected chi connectivity index (χ2v) is 7.46. The first-order valence-corrected chi connectivity index (χ1v) is 11.1. The van der Waals surface area contributed by atoms with E-state index in [-0.39, 0.29) is 0 Å². The number of ether oxygens (including phenoxy) is 2. The molecule has 0 aromatic carbocycles. The minimum Gasteiger partial charge on any atom is -0.350 e. The summed E-state index contributed by atoms with van der Waals surface area (Å²) in [6.45, 7) is 12.5. The Morgan fingerprint density at radius 3 is 1.88 bits per heavy atom. The van der Waals surface area contributed by atoms with Crippen LogP contribution in [0.4, 0.5) is 0 Å². The van der Waals surface area contributed by atoms with E-state index in [1.165, 1.54) is 44.9 Å². The lowest BCUT2D eigenvalue weighted by Crippen LogP contribution is -2.49. The SMILES string of the molecule is CCCCCCCCC(C)C(OCC)(OCC)C(CC)CCCS. The molecule has 146 valence electrons. The largest absolute Gasteiger partial charge is 0.350 e. The number of unbranched alkanes of at least 4 members (excludes halogenated alkanes) is 5. The van der Waals surface area contributed by atoms with Crippen LogP contribution >= 0.6 is 12.6 Å². The lowest BCUT2D eigenvalue weighted by atomic mass is 9.80. The van der Waals surface area contributed by atoms with Gasteiger partial charge in [-0.2, -0.15) is 12.6 Å². The van der Waals surface area contributed by atoms with Gasteiger partial charge >= 0.3 is 0 Å². The summed E-state index contributed by atoms with van der Waals surface area (Å²) < 4.78 is 12.7. The monoisotopic (exact) mass is 360 g/mol. The van der Waals surface area contributed by atoms with Gasteiger partial charge in [0, 0.05) is 25.0 Å². The van der Waals surface area contributed by atoms with Crippen molar-refractivity contribution in [2.45, 2.75) is 105 Å². The molecule has 2 nitrogen and oxygen atoms in total. The molecule has 0 saturated heterocycles. The summed E-state index contributed by atoms with van der Waals surface area (Å²) in [5.41, 5.74) is 0. The fourth-order valence-corrected chi connectivity index (χ4v) is 4.06. The van der Waals surface area contributed by atoms with Gasteiger partial charge in [0.1, 0.15) is 0 Å². The van der Waals surface area contributed by atoms with Gasteiger partial charge in [-0.25, -0.2) is 0 Å². The summed E-state index contributed by atoms with van der Waals surface area (Å²) in [5.74, 6) is 1.43. The van der Waals surface area contributed by atoms with Crippen molar-refractivity contribution in [1.29, 1.82) is 0 Å². The number of thiol groups is 1. The van der Waals surface area contributed by atoms with Crippen LogP contribution in [0.15, 0.2) is 0 Å². The summed E-state index contributed by atoms with van der Waals surface area (Å²) >= 11 is 4.40. The Morgan fingerprint density at radius 2 is 1.38 bits per heavy atom. The maximum atomic E-state index is 6.33. The van der Waals surface area contributed by atoms with E-state index in [9.17, 15) is 0 Å². The highest BCUT2D eigenvalue weighted by Crippen LogP contribution is 2.39. The Kier molecular flexibility index (Phi) is 15.7. The van der Waals surface area contributed by atoms with E-state index in [0.717, 1.165) is 38.2 Å². The van der Waals surface area contributed by atoms with E-state index < -0.39 is 5.79 Å². The van der Waals surface area contributed by atoms with Crippen LogP contribution in [-0.4, -0.2) is 24.8 Å². The van der Waals surface area contributed by atoms with Crippen molar-refractivity contribution < 1.29 is 9.47 Å². The molecule has 2 atom stereocenters. The molecule has 0 rings (SSSR count). The molecule has 0 bridgehead atoms. The van der Waals surface area contributed by atoms with Crippen molar-refractivity contribution in [1.82, 2.24) is 0 Å². The van der Waals surface area contributed by atoms with E-state index in [1.807, 2.05) is 0 Å². The topological polar surface area (TPSA) is 18.5 Å². The molecule has 0 amide bonds. The van der Waals surface area contributed by atoms with Crippen LogP contribution in [0.1, 0.15) is 98.8 Å². The van der Waals surface area contributed by atoms with Crippen molar-refractivity contribution >= 4 is 12.6 Å². The summed E-state index contributed by atoms with van der Waals surface area (Å²) in [5, 5.41) is 0. The van der Waals surface area contributed by atoms with Gasteiger partial charge in [0.25, 0.3) is 0 Å². The second kappa shape index (κ2) is 15.5. The molecule has 0 radical (unpaired) electrons. The van der Waals surface area contributed by atoms with Crippen LogP contribution in [0.2, 0.25) is 0 Å². The van der Waals surface area contributed by atoms with Crippen molar-refractivity contribution in [3.63, 3.8) is 0 Å². The molecule has 0 aromatic heterocycles. The molecule has 0 fully saturated rings. The van der Waals surface area contributed by atoms with E-state index >= 15 is 0 Å². The zero-order valence-electron chi connectivity index (χ0n) is 17.1. The molecule has 24 heavy (non-hydrogen) atoms. The third-order valence-electron chi connectivity index (χ3n) is 5.19. The molecule has 0 spiro atoms. The Bertz CT molecular complexity index is 265. The Morgan fingerprint density at radius 1 is 0.792 bits per heavy atom. The summed E-state index contributed by atoms with van der Waals surface area (Å²) in [6, 6.07) is 0. The lowest BCUT2D eigenvalue weighted by Gasteiger charge is -2.44. The van der Waals surface area contributed by atoms with E-state index in [1.54, 1.807) is 0 Å². The predicted octanol–water partition coefficient (Wildman–Crippen LogP) is 6.88. The number of hydrogen-bond acceptors (Lipinski definition) is 3. The normalized spacial score (nSPS) is 14.8. The molecule has 0 saturated carbocycles. The van der Waals surface area contributed by atoms with Crippen molar-refractivity contribution in [3.05, 3.63) is 0 Å². The first kappa shape index (κ1) is 24.3. The van der Waals surface area contributed by atoms with Gasteiger partial charge in [0.05, 0.1) is 0 Å². The first-order valence-electron chi connectivity index (χ1n) is 10.5. The summed E-state index contributed by atoms with van der Waals surface area (Å²) in [7, 11) is 0. The first-order chi connectivity index (χ1) is 11.6. The Labute approximate surface area is 157 Å². The molecular weight excluding hydrogens is 316 g/mol. The number of hydrogen-bond donors (Lipinski definition) is 1. The van der Waals surface area contributed by atoms with Gasteiger partial charge in [-0.1, -0.05) is 59.3 Å². The fraction of sp³-hybridized carbons (Fsp3) is 1.00. The van der Waals surface area contributed by atoms with Gasteiger partial charge < -0.3 is 9.47 Å². The predicted molar refractivity (Wildman–Crippen MR) is 110 cm³/mol. The molecule has 2 unspecified atom stereocenters. The fourth-order valence-electron chi connectivity index (χ4n) is 3.87. The third-order valence-corrected chi connectivity index (χ3v) is 5.51. The van der Waals surface area contributed by atoms with Gasteiger partial charge in [0.2, 0.25) is 0 Å². The highest BCUT2D eigenvalue weighted by molar-refractivity contribution is 7.80. The van der Waals surface area contributed by atoms with Crippen LogP contribution < -0.4 is 0 Å². The van der Waals surface area contributed by atoms with Crippen LogP contribution in [0, 0.1) is 11.8 Å². The number of rotatable bonds is 17. The van der Waals surface area contributed by atoms with Gasteiger partial charge in [-0.15, -0.1) is 0 Å². The standard InChI is InChI=1S/C21H44O2S/c1-6-10-11-12-13-14-16-19(5)21(22-8-3,23-9-4)20(7-2)17-15-18-24/h19-20,24H,6-18H2,1-5H3. The zero-order chi connectivity index (χ0) is 18.3. The molecular formula is C21H44O2S. The Hall–Kier alpha value is 0.270. The molecule has 0 aromatic rings. The molecule has 0 aliphatic carbocycles.